The van der Waals surface area contributed by atoms with Crippen molar-refractivity contribution < 1.29 is 9.90 Å². The molecule has 1 unspecified atom stereocenters. The van der Waals surface area contributed by atoms with E-state index in [9.17, 15) is 9.90 Å². The van der Waals surface area contributed by atoms with Gasteiger partial charge >= 0.3 is 5.97 Å². The molecule has 1 saturated heterocycles. The van der Waals surface area contributed by atoms with Gasteiger partial charge in [-0.05, 0) is 68.5 Å². The monoisotopic (exact) mass is 337 g/mol. The number of aliphatic carboxylic acids is 1. The van der Waals surface area contributed by atoms with Crippen molar-refractivity contribution in [2.45, 2.75) is 44.1 Å². The van der Waals surface area contributed by atoms with Crippen molar-refractivity contribution in [3.63, 3.8) is 0 Å². The second-order valence-electron chi connectivity index (χ2n) is 6.08. The molecule has 1 atom stereocenters. The van der Waals surface area contributed by atoms with Crippen LogP contribution in [0.1, 0.15) is 36.8 Å². The summed E-state index contributed by atoms with van der Waals surface area (Å²) < 4.78 is 1.11. The quantitative estimate of drug-likeness (QED) is 0.920. The number of nitrogens with zero attached hydrogens (tertiary/aromatic N) is 1. The van der Waals surface area contributed by atoms with Crippen molar-refractivity contribution in [1.82, 2.24) is 4.90 Å². The fourth-order valence-corrected chi connectivity index (χ4v) is 4.22. The minimum Gasteiger partial charge on any atom is -0.481 e. The van der Waals surface area contributed by atoms with Gasteiger partial charge in [0.1, 0.15) is 0 Å². The number of carboxylic acid groups (broad SMARTS) is 1. The van der Waals surface area contributed by atoms with Gasteiger partial charge in [0.2, 0.25) is 0 Å². The first kappa shape index (κ1) is 14.1. The maximum Gasteiger partial charge on any atom is 0.305 e. The van der Waals surface area contributed by atoms with Crippen molar-refractivity contribution in [1.29, 1.82) is 0 Å². The molecule has 0 aromatic heterocycles. The molecule has 0 amide bonds. The Morgan fingerprint density at radius 3 is 2.75 bits per heavy atom. The predicted molar refractivity (Wildman–Crippen MR) is 82.0 cm³/mol. The van der Waals surface area contributed by atoms with E-state index in [-0.39, 0.29) is 12.0 Å². The van der Waals surface area contributed by atoms with Crippen LogP contribution in [0, 0.1) is 0 Å². The Balaban J connectivity index is 1.92. The van der Waals surface area contributed by atoms with Gasteiger partial charge in [-0.3, -0.25) is 9.69 Å². The number of benzene rings is 1. The molecule has 1 heterocycles. The molecule has 1 N–H and O–H groups in total. The van der Waals surface area contributed by atoms with E-state index in [2.05, 4.69) is 39.0 Å². The van der Waals surface area contributed by atoms with Crippen LogP contribution in [-0.2, 0) is 17.6 Å². The minimum absolute atomic E-state index is 0.164. The van der Waals surface area contributed by atoms with E-state index in [4.69, 9.17) is 0 Å². The number of likely N-dealkylation sites (tertiary alicyclic amines) is 1. The van der Waals surface area contributed by atoms with Crippen LogP contribution in [-0.4, -0.2) is 34.6 Å². The molecular formula is C16H20BrNO2. The number of aryl methyl sites for hydroxylation is 1. The summed E-state index contributed by atoms with van der Waals surface area (Å²) in [6.45, 7) is 2.11. The number of hydrogen-bond donors (Lipinski definition) is 1. The average Bonchev–Trinajstić information content (AvgIpc) is 2.93. The lowest BCUT2D eigenvalue weighted by Gasteiger charge is -2.44. The van der Waals surface area contributed by atoms with E-state index >= 15 is 0 Å². The summed E-state index contributed by atoms with van der Waals surface area (Å²) in [7, 11) is 0. The molecule has 0 bridgehead atoms. The predicted octanol–water partition coefficient (Wildman–Crippen LogP) is 3.25. The Morgan fingerprint density at radius 1 is 1.30 bits per heavy atom. The summed E-state index contributed by atoms with van der Waals surface area (Å²) >= 11 is 3.52. The van der Waals surface area contributed by atoms with E-state index in [1.807, 2.05) is 0 Å². The van der Waals surface area contributed by atoms with Gasteiger partial charge < -0.3 is 5.11 Å². The van der Waals surface area contributed by atoms with E-state index in [1.165, 1.54) is 24.0 Å². The Bertz CT molecular complexity index is 525. The van der Waals surface area contributed by atoms with Gasteiger partial charge in [-0.1, -0.05) is 22.0 Å². The van der Waals surface area contributed by atoms with Gasteiger partial charge in [0, 0.05) is 10.0 Å². The summed E-state index contributed by atoms with van der Waals surface area (Å²) in [6.07, 6.45) is 5.49. The smallest absolute Gasteiger partial charge is 0.305 e. The molecule has 1 fully saturated rings. The third kappa shape index (κ3) is 2.63. The lowest BCUT2D eigenvalue weighted by atomic mass is 9.75. The van der Waals surface area contributed by atoms with Crippen molar-refractivity contribution in [3.8, 4) is 0 Å². The van der Waals surface area contributed by atoms with E-state index in [1.54, 1.807) is 0 Å². The van der Waals surface area contributed by atoms with E-state index < -0.39 is 5.97 Å². The van der Waals surface area contributed by atoms with Gasteiger partial charge in [-0.15, -0.1) is 0 Å². The number of carbonyl (C=O) groups is 1. The minimum atomic E-state index is -0.669. The van der Waals surface area contributed by atoms with Gasteiger partial charge in [-0.25, -0.2) is 0 Å². The average molecular weight is 338 g/mol. The highest BCUT2D eigenvalue weighted by molar-refractivity contribution is 9.10. The zero-order chi connectivity index (χ0) is 14.2. The van der Waals surface area contributed by atoms with Crippen LogP contribution in [0.5, 0.6) is 0 Å². The van der Waals surface area contributed by atoms with Crippen molar-refractivity contribution in [2.24, 2.45) is 0 Å². The molecule has 3 rings (SSSR count). The summed E-state index contributed by atoms with van der Waals surface area (Å²) in [5.41, 5.74) is 2.54. The molecular weight excluding hydrogens is 318 g/mol. The van der Waals surface area contributed by atoms with Crippen LogP contribution in [0.15, 0.2) is 22.7 Å². The van der Waals surface area contributed by atoms with Crippen molar-refractivity contribution in [3.05, 3.63) is 33.8 Å². The number of carboxylic acids is 1. The Hall–Kier alpha value is -0.870. The Labute approximate surface area is 128 Å². The molecule has 108 valence electrons. The second kappa shape index (κ2) is 5.49. The van der Waals surface area contributed by atoms with Gasteiger partial charge in [0.25, 0.3) is 0 Å². The first-order valence-corrected chi connectivity index (χ1v) is 8.13. The van der Waals surface area contributed by atoms with E-state index in [0.717, 1.165) is 36.8 Å². The maximum atomic E-state index is 11.4. The number of rotatable bonds is 3. The fourth-order valence-electron chi connectivity index (χ4n) is 3.82. The third-order valence-electron chi connectivity index (χ3n) is 4.80. The third-order valence-corrected chi connectivity index (χ3v) is 5.30. The van der Waals surface area contributed by atoms with Crippen molar-refractivity contribution >= 4 is 21.9 Å². The number of fused-ring (bicyclic) bond motifs is 1. The van der Waals surface area contributed by atoms with E-state index in [0.29, 0.717) is 0 Å². The lowest BCUT2D eigenvalue weighted by molar-refractivity contribution is -0.140. The zero-order valence-corrected chi connectivity index (χ0v) is 13.2. The van der Waals surface area contributed by atoms with Crippen LogP contribution in [0.2, 0.25) is 0 Å². The summed E-state index contributed by atoms with van der Waals surface area (Å²) in [5.74, 6) is -0.669. The standard InChI is InChI=1S/C16H20BrNO2/c17-14-4-3-13-10-16(11-15(19)20,6-5-12(13)9-14)18-7-1-2-8-18/h3-4,9H,1-2,5-8,10-11H2,(H,19,20). The molecule has 20 heavy (non-hydrogen) atoms. The first-order chi connectivity index (χ1) is 9.59. The van der Waals surface area contributed by atoms with Gasteiger partial charge in [0.05, 0.1) is 6.42 Å². The van der Waals surface area contributed by atoms with Gasteiger partial charge in [0.15, 0.2) is 0 Å². The molecule has 2 aliphatic rings. The summed E-state index contributed by atoms with van der Waals surface area (Å²) in [6, 6.07) is 6.41. The molecule has 0 spiro atoms. The molecule has 1 aromatic carbocycles. The summed E-state index contributed by atoms with van der Waals surface area (Å²) in [5, 5.41) is 9.35. The Kier molecular flexibility index (Phi) is 3.87. The lowest BCUT2D eigenvalue weighted by Crippen LogP contribution is -2.52. The molecule has 3 nitrogen and oxygen atoms in total. The second-order valence-corrected chi connectivity index (χ2v) is 6.99. The molecule has 1 aliphatic heterocycles. The highest BCUT2D eigenvalue weighted by Crippen LogP contribution is 2.38. The number of hydrogen-bond acceptors (Lipinski definition) is 2. The highest BCUT2D eigenvalue weighted by atomic mass is 79.9. The molecule has 0 radical (unpaired) electrons. The highest BCUT2D eigenvalue weighted by Gasteiger charge is 2.42. The topological polar surface area (TPSA) is 40.5 Å². The normalized spacial score (nSPS) is 26.4. The molecule has 0 saturated carbocycles. The van der Waals surface area contributed by atoms with Crippen LogP contribution >= 0.6 is 15.9 Å². The molecule has 1 aromatic rings. The van der Waals surface area contributed by atoms with Gasteiger partial charge in [-0.2, -0.15) is 0 Å². The molecule has 4 heteroatoms. The number of halogens is 1. The zero-order valence-electron chi connectivity index (χ0n) is 11.6. The van der Waals surface area contributed by atoms with Crippen molar-refractivity contribution in [2.75, 3.05) is 13.1 Å². The van der Waals surface area contributed by atoms with Crippen LogP contribution in [0.4, 0.5) is 0 Å². The largest absolute Gasteiger partial charge is 0.481 e. The summed E-state index contributed by atoms with van der Waals surface area (Å²) in [4.78, 5) is 13.8. The maximum absolute atomic E-state index is 11.4. The fraction of sp³-hybridized carbons (Fsp3) is 0.562. The molecule has 1 aliphatic carbocycles. The Morgan fingerprint density at radius 2 is 2.05 bits per heavy atom. The van der Waals surface area contributed by atoms with Crippen LogP contribution in [0.25, 0.3) is 0 Å². The van der Waals surface area contributed by atoms with Crippen LogP contribution < -0.4 is 0 Å². The van der Waals surface area contributed by atoms with Crippen LogP contribution in [0.3, 0.4) is 0 Å². The first-order valence-electron chi connectivity index (χ1n) is 7.33. The SMILES string of the molecule is O=C(O)CC1(N2CCCC2)CCc2cc(Br)ccc2C1.